The number of rotatable bonds is 6. The maximum absolute atomic E-state index is 12.4. The van der Waals surface area contributed by atoms with Gasteiger partial charge >= 0.3 is 0 Å². The third-order valence-corrected chi connectivity index (χ3v) is 4.92. The van der Waals surface area contributed by atoms with Crippen LogP contribution in [0, 0.1) is 6.92 Å². The van der Waals surface area contributed by atoms with Crippen LogP contribution in [0.2, 0.25) is 5.02 Å². The smallest absolute Gasteiger partial charge is 0.266 e. The first kappa shape index (κ1) is 19.2. The lowest BCUT2D eigenvalue weighted by molar-refractivity contribution is -0.122. The molecule has 3 aromatic rings. The van der Waals surface area contributed by atoms with Crippen LogP contribution in [0.15, 0.2) is 47.8 Å². The van der Waals surface area contributed by atoms with E-state index in [0.717, 1.165) is 22.6 Å². The van der Waals surface area contributed by atoms with Crippen molar-refractivity contribution in [1.29, 1.82) is 0 Å². The van der Waals surface area contributed by atoms with Crippen molar-refractivity contribution in [2.24, 2.45) is 0 Å². The predicted octanol–water partition coefficient (Wildman–Crippen LogP) is 5.19. The highest BCUT2D eigenvalue weighted by molar-refractivity contribution is 7.14. The van der Waals surface area contributed by atoms with Crippen LogP contribution in [0.1, 0.15) is 12.5 Å². The van der Waals surface area contributed by atoms with Gasteiger partial charge in [0.05, 0.1) is 12.8 Å². The molecule has 1 heterocycles. The fraction of sp³-hybridized carbons (Fsp3) is 0.200. The van der Waals surface area contributed by atoms with E-state index in [1.165, 1.54) is 11.3 Å². The van der Waals surface area contributed by atoms with Crippen LogP contribution in [0.3, 0.4) is 0 Å². The number of amides is 1. The highest BCUT2D eigenvalue weighted by Gasteiger charge is 2.17. The molecule has 1 unspecified atom stereocenters. The minimum Gasteiger partial charge on any atom is -0.497 e. The van der Waals surface area contributed by atoms with Gasteiger partial charge in [-0.05, 0) is 61.9 Å². The second-order valence-corrected chi connectivity index (χ2v) is 7.22. The molecule has 0 saturated carbocycles. The summed E-state index contributed by atoms with van der Waals surface area (Å²) in [5, 5.41) is 5.85. The van der Waals surface area contributed by atoms with Gasteiger partial charge in [-0.2, -0.15) is 0 Å². The largest absolute Gasteiger partial charge is 0.497 e. The summed E-state index contributed by atoms with van der Waals surface area (Å²) in [4.78, 5) is 16.9. The number of nitrogens with one attached hydrogen (secondary N) is 1. The summed E-state index contributed by atoms with van der Waals surface area (Å²) in [6.45, 7) is 3.58. The van der Waals surface area contributed by atoms with Crippen LogP contribution >= 0.6 is 22.9 Å². The van der Waals surface area contributed by atoms with Crippen LogP contribution in [-0.4, -0.2) is 24.1 Å². The number of carbonyl (C=O) groups excluding carboxylic acids is 1. The standard InChI is InChI=1S/C20H19ClN2O3S/c1-12-10-15(21)6-9-18(12)26-13(2)19(24)23-20-22-17(11-27-20)14-4-7-16(25-3)8-5-14/h4-11,13H,1-3H3,(H,22,23,24). The first-order chi connectivity index (χ1) is 13.0. The molecule has 140 valence electrons. The number of carbonyl (C=O) groups is 1. The van der Waals surface area contributed by atoms with Crippen molar-refractivity contribution in [3.8, 4) is 22.8 Å². The van der Waals surface area contributed by atoms with Crippen molar-refractivity contribution in [2.75, 3.05) is 12.4 Å². The van der Waals surface area contributed by atoms with Gasteiger partial charge in [0, 0.05) is 16.0 Å². The van der Waals surface area contributed by atoms with Crippen LogP contribution in [-0.2, 0) is 4.79 Å². The van der Waals surface area contributed by atoms with E-state index >= 15 is 0 Å². The third-order valence-electron chi connectivity index (χ3n) is 3.93. The average molecular weight is 403 g/mol. The minimum atomic E-state index is -0.668. The van der Waals surface area contributed by atoms with Gasteiger partial charge in [0.25, 0.3) is 5.91 Å². The fourth-order valence-electron chi connectivity index (χ4n) is 2.42. The zero-order valence-corrected chi connectivity index (χ0v) is 16.7. The molecular weight excluding hydrogens is 384 g/mol. The molecule has 27 heavy (non-hydrogen) atoms. The molecule has 2 aromatic carbocycles. The van der Waals surface area contributed by atoms with Gasteiger partial charge in [-0.15, -0.1) is 11.3 Å². The van der Waals surface area contributed by atoms with E-state index in [1.54, 1.807) is 32.2 Å². The molecule has 1 atom stereocenters. The number of thiazole rings is 1. The molecule has 0 aliphatic carbocycles. The molecule has 1 amide bonds. The third kappa shape index (κ3) is 4.78. The highest BCUT2D eigenvalue weighted by Crippen LogP contribution is 2.27. The molecule has 0 radical (unpaired) electrons. The summed E-state index contributed by atoms with van der Waals surface area (Å²) >= 11 is 7.31. The van der Waals surface area contributed by atoms with Gasteiger partial charge in [-0.25, -0.2) is 4.98 Å². The number of hydrogen-bond donors (Lipinski definition) is 1. The Morgan fingerprint density at radius 3 is 2.63 bits per heavy atom. The Balaban J connectivity index is 1.64. The van der Waals surface area contributed by atoms with Crippen molar-refractivity contribution >= 4 is 34.0 Å². The Labute approximate surface area is 166 Å². The summed E-state index contributed by atoms with van der Waals surface area (Å²) in [7, 11) is 1.63. The Morgan fingerprint density at radius 1 is 1.22 bits per heavy atom. The second-order valence-electron chi connectivity index (χ2n) is 5.93. The second kappa shape index (κ2) is 8.41. The SMILES string of the molecule is COc1ccc(-c2csc(NC(=O)C(C)Oc3ccc(Cl)cc3C)n2)cc1. The van der Waals surface area contributed by atoms with Gasteiger partial charge in [0.1, 0.15) is 11.5 Å². The van der Waals surface area contributed by atoms with Crippen molar-refractivity contribution in [1.82, 2.24) is 4.98 Å². The van der Waals surface area contributed by atoms with E-state index in [1.807, 2.05) is 36.6 Å². The van der Waals surface area contributed by atoms with Crippen LogP contribution < -0.4 is 14.8 Å². The summed E-state index contributed by atoms with van der Waals surface area (Å²) in [5.74, 6) is 1.14. The minimum absolute atomic E-state index is 0.264. The number of hydrogen-bond acceptors (Lipinski definition) is 5. The van der Waals surface area contributed by atoms with Gasteiger partial charge in [0.15, 0.2) is 11.2 Å². The molecule has 7 heteroatoms. The van der Waals surface area contributed by atoms with Gasteiger partial charge in [-0.3, -0.25) is 10.1 Å². The molecule has 0 saturated heterocycles. The first-order valence-electron chi connectivity index (χ1n) is 8.30. The van der Waals surface area contributed by atoms with Gasteiger partial charge < -0.3 is 9.47 Å². The fourth-order valence-corrected chi connectivity index (χ4v) is 3.37. The Kier molecular flexibility index (Phi) is 5.98. The summed E-state index contributed by atoms with van der Waals surface area (Å²) in [6, 6.07) is 12.9. The van der Waals surface area contributed by atoms with Crippen LogP contribution in [0.5, 0.6) is 11.5 Å². The number of aryl methyl sites for hydroxylation is 1. The van der Waals surface area contributed by atoms with E-state index in [4.69, 9.17) is 21.1 Å². The molecule has 0 fully saturated rings. The highest BCUT2D eigenvalue weighted by atomic mass is 35.5. The Bertz CT molecular complexity index is 941. The lowest BCUT2D eigenvalue weighted by atomic mass is 10.2. The molecule has 1 N–H and O–H groups in total. The quantitative estimate of drug-likeness (QED) is 0.616. The van der Waals surface area contributed by atoms with E-state index in [-0.39, 0.29) is 5.91 Å². The monoisotopic (exact) mass is 402 g/mol. The van der Waals surface area contributed by atoms with Crippen molar-refractivity contribution in [3.63, 3.8) is 0 Å². The molecule has 5 nitrogen and oxygen atoms in total. The lowest BCUT2D eigenvalue weighted by Crippen LogP contribution is -2.30. The van der Waals surface area contributed by atoms with Gasteiger partial charge in [0.2, 0.25) is 0 Å². The topological polar surface area (TPSA) is 60.5 Å². The normalized spacial score (nSPS) is 11.7. The van der Waals surface area contributed by atoms with Crippen molar-refractivity contribution in [3.05, 3.63) is 58.4 Å². The van der Waals surface area contributed by atoms with E-state index in [2.05, 4.69) is 10.3 Å². The number of methoxy groups -OCH3 is 1. The molecular formula is C20H19ClN2O3S. The number of benzene rings is 2. The summed E-state index contributed by atoms with van der Waals surface area (Å²) in [6.07, 6.45) is -0.668. The number of ether oxygens (including phenoxy) is 2. The summed E-state index contributed by atoms with van der Waals surface area (Å²) in [5.41, 5.74) is 2.62. The zero-order valence-electron chi connectivity index (χ0n) is 15.2. The average Bonchev–Trinajstić information content (AvgIpc) is 3.12. The summed E-state index contributed by atoms with van der Waals surface area (Å²) < 4.78 is 10.9. The predicted molar refractivity (Wildman–Crippen MR) is 109 cm³/mol. The lowest BCUT2D eigenvalue weighted by Gasteiger charge is -2.15. The molecule has 0 aliphatic heterocycles. The van der Waals surface area contributed by atoms with E-state index < -0.39 is 6.10 Å². The Morgan fingerprint density at radius 2 is 1.96 bits per heavy atom. The van der Waals surface area contributed by atoms with E-state index in [9.17, 15) is 4.79 Å². The zero-order chi connectivity index (χ0) is 19.4. The maximum Gasteiger partial charge on any atom is 0.266 e. The van der Waals surface area contributed by atoms with Crippen LogP contribution in [0.4, 0.5) is 5.13 Å². The number of halogens is 1. The van der Waals surface area contributed by atoms with Crippen molar-refractivity contribution < 1.29 is 14.3 Å². The first-order valence-corrected chi connectivity index (χ1v) is 9.55. The van der Waals surface area contributed by atoms with Crippen LogP contribution in [0.25, 0.3) is 11.3 Å². The molecule has 3 rings (SSSR count). The number of anilines is 1. The van der Waals surface area contributed by atoms with Gasteiger partial charge in [-0.1, -0.05) is 11.6 Å². The molecule has 0 bridgehead atoms. The van der Waals surface area contributed by atoms with E-state index in [0.29, 0.717) is 15.9 Å². The molecule has 0 aliphatic rings. The molecule has 0 spiro atoms. The number of aromatic nitrogens is 1. The Hall–Kier alpha value is -2.57. The van der Waals surface area contributed by atoms with Crippen molar-refractivity contribution in [2.45, 2.75) is 20.0 Å². The molecule has 1 aromatic heterocycles. The maximum atomic E-state index is 12.4. The number of nitrogens with zero attached hydrogens (tertiary/aromatic N) is 1.